The molecule has 7 nitrogen and oxygen atoms in total. The van der Waals surface area contributed by atoms with Crippen molar-refractivity contribution in [1.82, 2.24) is 24.6 Å². The standard InChI is InChI=1S/C17H24N6O.ClH/c1-10(2)15-14(16(24)22-6-5-13(18)8-22)9-23(21-15)17-19-11(3)7-12(4)20-17;/h7,9-10,13H,5-6,8,18H2,1-4H3;1H/t13-;/m0./s1. The Bertz CT molecular complexity index is 752. The highest BCUT2D eigenvalue weighted by Gasteiger charge is 2.29. The third-order valence-electron chi connectivity index (χ3n) is 4.21. The Morgan fingerprint density at radius 1 is 1.28 bits per heavy atom. The number of nitrogens with two attached hydrogens (primary N) is 1. The number of hydrogen-bond donors (Lipinski definition) is 1. The molecule has 0 spiro atoms. The van der Waals surface area contributed by atoms with Gasteiger partial charge < -0.3 is 10.6 Å². The third-order valence-corrected chi connectivity index (χ3v) is 4.21. The van der Waals surface area contributed by atoms with Crippen LogP contribution in [0.4, 0.5) is 0 Å². The summed E-state index contributed by atoms with van der Waals surface area (Å²) in [5.41, 5.74) is 9.06. The number of carbonyl (C=O) groups excluding carboxylic acids is 1. The lowest BCUT2D eigenvalue weighted by molar-refractivity contribution is 0.0789. The maximum absolute atomic E-state index is 12.9. The van der Waals surface area contributed by atoms with Gasteiger partial charge in [0.05, 0.1) is 11.3 Å². The summed E-state index contributed by atoms with van der Waals surface area (Å²) in [6, 6.07) is 1.97. The SMILES string of the molecule is Cc1cc(C)nc(-n2cc(C(=O)N3CC[C@H](N)C3)c(C(C)C)n2)n1.Cl. The van der Waals surface area contributed by atoms with Gasteiger partial charge in [0.2, 0.25) is 0 Å². The molecule has 1 aliphatic heterocycles. The monoisotopic (exact) mass is 364 g/mol. The van der Waals surface area contributed by atoms with Crippen molar-refractivity contribution in [2.45, 2.75) is 46.1 Å². The Labute approximate surface area is 154 Å². The molecule has 0 unspecified atom stereocenters. The van der Waals surface area contributed by atoms with Crippen molar-refractivity contribution in [1.29, 1.82) is 0 Å². The topological polar surface area (TPSA) is 89.9 Å². The highest BCUT2D eigenvalue weighted by atomic mass is 35.5. The van der Waals surface area contributed by atoms with E-state index in [-0.39, 0.29) is 30.3 Å². The lowest BCUT2D eigenvalue weighted by atomic mass is 10.1. The normalized spacial score (nSPS) is 17.0. The van der Waals surface area contributed by atoms with Gasteiger partial charge in [-0.15, -0.1) is 12.4 Å². The van der Waals surface area contributed by atoms with Crippen LogP contribution in [0.25, 0.3) is 5.95 Å². The fraction of sp³-hybridized carbons (Fsp3) is 0.529. The predicted molar refractivity (Wildman–Crippen MR) is 98.5 cm³/mol. The van der Waals surface area contributed by atoms with Crippen LogP contribution in [0.15, 0.2) is 12.3 Å². The molecule has 136 valence electrons. The van der Waals surface area contributed by atoms with Crippen LogP contribution >= 0.6 is 12.4 Å². The van der Waals surface area contributed by atoms with Crippen molar-refractivity contribution < 1.29 is 4.79 Å². The summed E-state index contributed by atoms with van der Waals surface area (Å²) in [7, 11) is 0. The van der Waals surface area contributed by atoms with E-state index in [2.05, 4.69) is 15.1 Å². The first-order chi connectivity index (χ1) is 11.3. The molecular weight excluding hydrogens is 340 g/mol. The summed E-state index contributed by atoms with van der Waals surface area (Å²) in [6.07, 6.45) is 2.59. The van der Waals surface area contributed by atoms with E-state index in [4.69, 9.17) is 5.73 Å². The fourth-order valence-electron chi connectivity index (χ4n) is 3.03. The van der Waals surface area contributed by atoms with Crippen LogP contribution in [-0.2, 0) is 0 Å². The molecule has 2 aromatic rings. The molecule has 0 aromatic carbocycles. The first-order valence-corrected chi connectivity index (χ1v) is 8.32. The van der Waals surface area contributed by atoms with Crippen molar-refractivity contribution in [2.75, 3.05) is 13.1 Å². The van der Waals surface area contributed by atoms with E-state index in [0.29, 0.717) is 24.6 Å². The van der Waals surface area contributed by atoms with Crippen LogP contribution in [0.2, 0.25) is 0 Å². The van der Waals surface area contributed by atoms with Crippen LogP contribution in [0.3, 0.4) is 0 Å². The maximum atomic E-state index is 12.9. The summed E-state index contributed by atoms with van der Waals surface area (Å²) in [4.78, 5) is 23.5. The molecule has 1 fully saturated rings. The van der Waals surface area contributed by atoms with E-state index in [1.54, 1.807) is 15.8 Å². The first kappa shape index (κ1) is 19.3. The first-order valence-electron chi connectivity index (χ1n) is 8.32. The number of aryl methyl sites for hydroxylation is 2. The largest absolute Gasteiger partial charge is 0.337 e. The number of nitrogens with zero attached hydrogens (tertiary/aromatic N) is 5. The van der Waals surface area contributed by atoms with Gasteiger partial charge in [-0.2, -0.15) is 5.10 Å². The second-order valence-electron chi connectivity index (χ2n) is 6.78. The summed E-state index contributed by atoms with van der Waals surface area (Å²) in [5.74, 6) is 0.612. The molecule has 8 heteroatoms. The second-order valence-corrected chi connectivity index (χ2v) is 6.78. The molecule has 0 saturated carbocycles. The van der Waals surface area contributed by atoms with Gasteiger partial charge in [-0.3, -0.25) is 4.79 Å². The number of likely N-dealkylation sites (tertiary alicyclic amines) is 1. The van der Waals surface area contributed by atoms with E-state index in [1.807, 2.05) is 33.8 Å². The smallest absolute Gasteiger partial charge is 0.257 e. The van der Waals surface area contributed by atoms with Crippen LogP contribution in [0.5, 0.6) is 0 Å². The minimum absolute atomic E-state index is 0. The number of amides is 1. The van der Waals surface area contributed by atoms with Crippen molar-refractivity contribution in [3.05, 3.63) is 34.9 Å². The van der Waals surface area contributed by atoms with E-state index < -0.39 is 0 Å². The Morgan fingerprint density at radius 2 is 1.92 bits per heavy atom. The van der Waals surface area contributed by atoms with Gasteiger partial charge in [-0.25, -0.2) is 14.6 Å². The molecular formula is C17H25ClN6O. The molecule has 0 bridgehead atoms. The van der Waals surface area contributed by atoms with E-state index >= 15 is 0 Å². The lowest BCUT2D eigenvalue weighted by Crippen LogP contribution is -2.32. The van der Waals surface area contributed by atoms with E-state index in [0.717, 1.165) is 23.5 Å². The third kappa shape index (κ3) is 3.99. The summed E-state index contributed by atoms with van der Waals surface area (Å²) >= 11 is 0. The predicted octanol–water partition coefficient (Wildman–Crippen LogP) is 2.00. The molecule has 3 rings (SSSR count). The van der Waals surface area contributed by atoms with Gasteiger partial charge in [-0.05, 0) is 32.3 Å². The van der Waals surface area contributed by atoms with E-state index in [9.17, 15) is 4.79 Å². The Kier molecular flexibility index (Phi) is 5.80. The molecule has 0 aliphatic carbocycles. The van der Waals surface area contributed by atoms with Crippen molar-refractivity contribution in [3.63, 3.8) is 0 Å². The van der Waals surface area contributed by atoms with Gasteiger partial charge in [0, 0.05) is 36.7 Å². The molecule has 25 heavy (non-hydrogen) atoms. The van der Waals surface area contributed by atoms with Crippen LogP contribution < -0.4 is 5.73 Å². The number of carbonyl (C=O) groups is 1. The quantitative estimate of drug-likeness (QED) is 0.899. The molecule has 1 atom stereocenters. The van der Waals surface area contributed by atoms with Gasteiger partial charge >= 0.3 is 0 Å². The lowest BCUT2D eigenvalue weighted by Gasteiger charge is -2.16. The maximum Gasteiger partial charge on any atom is 0.257 e. The van der Waals surface area contributed by atoms with Crippen LogP contribution in [0, 0.1) is 13.8 Å². The highest BCUT2D eigenvalue weighted by Crippen LogP contribution is 2.22. The molecule has 0 radical (unpaired) electrons. The van der Waals surface area contributed by atoms with E-state index in [1.165, 1.54) is 0 Å². The summed E-state index contributed by atoms with van der Waals surface area (Å²) in [5, 5.41) is 4.59. The second kappa shape index (κ2) is 7.49. The molecule has 2 aromatic heterocycles. The zero-order valence-electron chi connectivity index (χ0n) is 15.1. The van der Waals surface area contributed by atoms with Gasteiger partial charge in [-0.1, -0.05) is 13.8 Å². The molecule has 1 saturated heterocycles. The molecule has 1 aliphatic rings. The average molecular weight is 365 g/mol. The van der Waals surface area contributed by atoms with Gasteiger partial charge in [0.1, 0.15) is 0 Å². The van der Waals surface area contributed by atoms with Crippen molar-refractivity contribution in [3.8, 4) is 5.95 Å². The number of halogens is 1. The summed E-state index contributed by atoms with van der Waals surface area (Å²) < 4.78 is 1.61. The molecule has 1 amide bonds. The van der Waals surface area contributed by atoms with Gasteiger partial charge in [0.15, 0.2) is 0 Å². The van der Waals surface area contributed by atoms with Crippen molar-refractivity contribution >= 4 is 18.3 Å². The fourth-order valence-corrected chi connectivity index (χ4v) is 3.03. The zero-order chi connectivity index (χ0) is 17.4. The number of hydrogen-bond acceptors (Lipinski definition) is 5. The van der Waals surface area contributed by atoms with Gasteiger partial charge in [0.25, 0.3) is 11.9 Å². The minimum atomic E-state index is -0.0118. The number of rotatable bonds is 3. The zero-order valence-corrected chi connectivity index (χ0v) is 15.9. The molecule has 2 N–H and O–H groups in total. The summed E-state index contributed by atoms with van der Waals surface area (Å²) in [6.45, 7) is 9.19. The van der Waals surface area contributed by atoms with Crippen molar-refractivity contribution in [2.24, 2.45) is 5.73 Å². The van der Waals surface area contributed by atoms with Crippen LogP contribution in [0.1, 0.15) is 53.6 Å². The Balaban J connectivity index is 0.00000225. The van der Waals surface area contributed by atoms with Crippen LogP contribution in [-0.4, -0.2) is 49.7 Å². The average Bonchev–Trinajstić information content (AvgIpc) is 3.12. The minimum Gasteiger partial charge on any atom is -0.337 e. The number of aromatic nitrogens is 4. The molecule has 3 heterocycles. The Morgan fingerprint density at radius 3 is 2.44 bits per heavy atom. The highest BCUT2D eigenvalue weighted by molar-refractivity contribution is 5.95. The Hall–Kier alpha value is -1.99.